The Labute approximate surface area is 102 Å². The summed E-state index contributed by atoms with van der Waals surface area (Å²) in [4.78, 5) is 2.32. The summed E-state index contributed by atoms with van der Waals surface area (Å²) in [6.07, 6.45) is 5.97. The van der Waals surface area contributed by atoms with E-state index in [1.54, 1.807) is 0 Å². The number of rotatable bonds is 3. The van der Waals surface area contributed by atoms with Gasteiger partial charge in [-0.05, 0) is 19.3 Å². The van der Waals surface area contributed by atoms with Gasteiger partial charge in [0.25, 0.3) is 0 Å². The number of oxime groups is 1. The van der Waals surface area contributed by atoms with Crippen LogP contribution in [-0.2, 0) is 0 Å². The molecular weight excluding hydrogens is 218 g/mol. The van der Waals surface area contributed by atoms with Crippen LogP contribution in [0.25, 0.3) is 0 Å². The molecule has 5 nitrogen and oxygen atoms in total. The summed E-state index contributed by atoms with van der Waals surface area (Å²) in [5.74, 6) is 0.701. The first kappa shape index (κ1) is 12.6. The maximum Gasteiger partial charge on any atom is 0.140 e. The van der Waals surface area contributed by atoms with Crippen molar-refractivity contribution in [3.63, 3.8) is 0 Å². The van der Waals surface area contributed by atoms with Crippen molar-refractivity contribution in [1.29, 1.82) is 0 Å². The number of hydrogen-bond acceptors (Lipinski definition) is 4. The highest BCUT2D eigenvalue weighted by molar-refractivity contribution is 5.79. The fourth-order valence-corrected chi connectivity index (χ4v) is 3.17. The molecule has 98 valence electrons. The van der Waals surface area contributed by atoms with Crippen molar-refractivity contribution in [3.8, 4) is 0 Å². The van der Waals surface area contributed by atoms with E-state index in [2.05, 4.69) is 10.1 Å². The number of likely N-dealkylation sites (tertiary alicyclic amines) is 1. The Morgan fingerprint density at radius 3 is 3.00 bits per heavy atom. The summed E-state index contributed by atoms with van der Waals surface area (Å²) in [5, 5.41) is 22.0. The van der Waals surface area contributed by atoms with Crippen molar-refractivity contribution in [2.24, 2.45) is 16.8 Å². The summed E-state index contributed by atoms with van der Waals surface area (Å²) in [6.45, 7) is 2.70. The SMILES string of the molecule is NC(CCN1CCC2(O)CCCCC2C1)=NO. The Morgan fingerprint density at radius 2 is 2.24 bits per heavy atom. The van der Waals surface area contributed by atoms with Gasteiger partial charge in [-0.15, -0.1) is 0 Å². The van der Waals surface area contributed by atoms with Crippen LogP contribution < -0.4 is 5.73 Å². The van der Waals surface area contributed by atoms with E-state index in [1.807, 2.05) is 0 Å². The summed E-state index contributed by atoms with van der Waals surface area (Å²) in [5.41, 5.74) is 5.06. The number of piperidine rings is 1. The minimum atomic E-state index is -0.411. The normalized spacial score (nSPS) is 35.6. The lowest BCUT2D eigenvalue weighted by Crippen LogP contribution is -2.53. The second-order valence-corrected chi connectivity index (χ2v) is 5.44. The first-order chi connectivity index (χ1) is 8.14. The van der Waals surface area contributed by atoms with E-state index in [-0.39, 0.29) is 5.84 Å². The van der Waals surface area contributed by atoms with E-state index in [4.69, 9.17) is 10.9 Å². The number of nitrogens with zero attached hydrogens (tertiary/aromatic N) is 2. The van der Waals surface area contributed by atoms with Crippen LogP contribution >= 0.6 is 0 Å². The van der Waals surface area contributed by atoms with E-state index in [0.29, 0.717) is 12.3 Å². The Kier molecular flexibility index (Phi) is 3.89. The minimum Gasteiger partial charge on any atom is -0.409 e. The van der Waals surface area contributed by atoms with Crippen molar-refractivity contribution in [2.45, 2.75) is 44.1 Å². The van der Waals surface area contributed by atoms with Crippen LogP contribution in [0.1, 0.15) is 38.5 Å². The van der Waals surface area contributed by atoms with Gasteiger partial charge < -0.3 is 20.9 Å². The number of nitrogens with two attached hydrogens (primary N) is 1. The number of fused-ring (bicyclic) bond motifs is 1. The average molecular weight is 241 g/mol. The fraction of sp³-hybridized carbons (Fsp3) is 0.917. The maximum atomic E-state index is 10.5. The minimum absolute atomic E-state index is 0.287. The van der Waals surface area contributed by atoms with Gasteiger partial charge in [-0.2, -0.15) is 0 Å². The van der Waals surface area contributed by atoms with Crippen molar-refractivity contribution in [2.75, 3.05) is 19.6 Å². The molecule has 0 aromatic carbocycles. The van der Waals surface area contributed by atoms with Crippen molar-refractivity contribution >= 4 is 5.84 Å². The lowest BCUT2D eigenvalue weighted by molar-refractivity contribution is -0.0947. The predicted molar refractivity (Wildman–Crippen MR) is 66.0 cm³/mol. The smallest absolute Gasteiger partial charge is 0.140 e. The van der Waals surface area contributed by atoms with Gasteiger partial charge in [0, 0.05) is 32.0 Å². The van der Waals surface area contributed by atoms with Gasteiger partial charge in [0.2, 0.25) is 0 Å². The molecule has 1 aliphatic carbocycles. The molecule has 0 bridgehead atoms. The molecule has 2 rings (SSSR count). The predicted octanol–water partition coefficient (Wildman–Crippen LogP) is 0.750. The first-order valence-corrected chi connectivity index (χ1v) is 6.55. The topological polar surface area (TPSA) is 82.1 Å². The standard InChI is InChI=1S/C12H23N3O2/c13-11(14-17)4-7-15-8-6-12(16)5-2-1-3-10(12)9-15/h10,16-17H,1-9H2,(H2,13,14). The molecule has 0 amide bonds. The summed E-state index contributed by atoms with van der Waals surface area (Å²) >= 11 is 0. The molecule has 0 spiro atoms. The van der Waals surface area contributed by atoms with Crippen LogP contribution in [0.5, 0.6) is 0 Å². The number of amidine groups is 1. The van der Waals surface area contributed by atoms with E-state index >= 15 is 0 Å². The van der Waals surface area contributed by atoms with Crippen molar-refractivity contribution in [1.82, 2.24) is 4.90 Å². The highest BCUT2D eigenvalue weighted by atomic mass is 16.4. The molecule has 2 fully saturated rings. The molecule has 2 aliphatic rings. The van der Waals surface area contributed by atoms with E-state index in [1.165, 1.54) is 6.42 Å². The average Bonchev–Trinajstić information content (AvgIpc) is 2.35. The van der Waals surface area contributed by atoms with E-state index < -0.39 is 5.60 Å². The molecule has 1 saturated carbocycles. The molecular formula is C12H23N3O2. The summed E-state index contributed by atoms with van der Waals surface area (Å²) in [7, 11) is 0. The monoisotopic (exact) mass is 241 g/mol. The molecule has 2 atom stereocenters. The third-order valence-corrected chi connectivity index (χ3v) is 4.32. The van der Waals surface area contributed by atoms with Crippen LogP contribution in [-0.4, -0.2) is 46.3 Å². The van der Waals surface area contributed by atoms with E-state index in [0.717, 1.165) is 45.3 Å². The van der Waals surface area contributed by atoms with Gasteiger partial charge in [0.1, 0.15) is 5.84 Å². The molecule has 0 radical (unpaired) electrons. The molecule has 0 aromatic heterocycles. The Balaban J connectivity index is 1.85. The second-order valence-electron chi connectivity index (χ2n) is 5.44. The molecule has 17 heavy (non-hydrogen) atoms. The van der Waals surface area contributed by atoms with E-state index in [9.17, 15) is 5.11 Å². The maximum absolute atomic E-state index is 10.5. The quantitative estimate of drug-likeness (QED) is 0.295. The zero-order valence-corrected chi connectivity index (χ0v) is 10.3. The third-order valence-electron chi connectivity index (χ3n) is 4.32. The van der Waals surface area contributed by atoms with Gasteiger partial charge in [0.05, 0.1) is 5.60 Å². The van der Waals surface area contributed by atoms with Gasteiger partial charge in [-0.25, -0.2) is 0 Å². The largest absolute Gasteiger partial charge is 0.409 e. The highest BCUT2D eigenvalue weighted by Crippen LogP contribution is 2.39. The number of hydrogen-bond donors (Lipinski definition) is 3. The molecule has 0 aromatic rings. The lowest BCUT2D eigenvalue weighted by Gasteiger charge is -2.47. The van der Waals surface area contributed by atoms with Gasteiger partial charge in [-0.3, -0.25) is 0 Å². The van der Waals surface area contributed by atoms with Gasteiger partial charge >= 0.3 is 0 Å². The van der Waals surface area contributed by atoms with Gasteiger partial charge in [0.15, 0.2) is 0 Å². The summed E-state index contributed by atoms with van der Waals surface area (Å²) < 4.78 is 0. The number of aliphatic hydroxyl groups is 1. The Bertz CT molecular complexity index is 295. The molecule has 1 aliphatic heterocycles. The van der Waals surface area contributed by atoms with Crippen LogP contribution in [0, 0.1) is 5.92 Å². The zero-order chi connectivity index (χ0) is 12.3. The lowest BCUT2D eigenvalue weighted by atomic mass is 9.71. The molecule has 1 heterocycles. The Morgan fingerprint density at radius 1 is 1.41 bits per heavy atom. The van der Waals surface area contributed by atoms with Crippen LogP contribution in [0.4, 0.5) is 0 Å². The molecule has 1 saturated heterocycles. The summed E-state index contributed by atoms with van der Waals surface area (Å²) in [6, 6.07) is 0. The van der Waals surface area contributed by atoms with Crippen LogP contribution in [0.15, 0.2) is 5.16 Å². The Hall–Kier alpha value is -0.810. The molecule has 5 heteroatoms. The van der Waals surface area contributed by atoms with Crippen molar-refractivity contribution < 1.29 is 10.3 Å². The second kappa shape index (κ2) is 5.23. The van der Waals surface area contributed by atoms with Crippen LogP contribution in [0.3, 0.4) is 0 Å². The fourth-order valence-electron chi connectivity index (χ4n) is 3.17. The van der Waals surface area contributed by atoms with Crippen LogP contribution in [0.2, 0.25) is 0 Å². The molecule has 4 N–H and O–H groups in total. The van der Waals surface area contributed by atoms with Crippen molar-refractivity contribution in [3.05, 3.63) is 0 Å². The highest BCUT2D eigenvalue weighted by Gasteiger charge is 2.42. The third kappa shape index (κ3) is 2.90. The molecule has 2 unspecified atom stereocenters. The first-order valence-electron chi connectivity index (χ1n) is 6.55. The van der Waals surface area contributed by atoms with Gasteiger partial charge in [-0.1, -0.05) is 18.0 Å². The zero-order valence-electron chi connectivity index (χ0n) is 10.3.